The van der Waals surface area contributed by atoms with E-state index >= 15 is 0 Å². The van der Waals surface area contributed by atoms with Gasteiger partial charge in [-0.05, 0) is 36.2 Å². The molecule has 2 saturated heterocycles. The molecule has 0 unspecified atom stereocenters. The topological polar surface area (TPSA) is 91.8 Å². The molecular weight excluding hydrogens is 572 g/mol. The number of benzene rings is 3. The maximum absolute atomic E-state index is 13.5. The normalized spacial score (nSPS) is 24.7. The van der Waals surface area contributed by atoms with Crippen molar-refractivity contribution in [2.24, 2.45) is 0 Å². The van der Waals surface area contributed by atoms with Gasteiger partial charge in [-0.3, -0.25) is 14.3 Å². The van der Waals surface area contributed by atoms with Crippen molar-refractivity contribution in [2.75, 3.05) is 6.61 Å². The average Bonchev–Trinajstić information content (AvgIpc) is 3.47. The summed E-state index contributed by atoms with van der Waals surface area (Å²) in [6, 6.07) is 30.4. The van der Waals surface area contributed by atoms with Crippen LogP contribution in [0.5, 0.6) is 0 Å². The number of rotatable bonds is 7. The maximum atomic E-state index is 13.5. The van der Waals surface area contributed by atoms with Crippen LogP contribution in [0.25, 0.3) is 0 Å². The molecule has 9 heteroatoms. The van der Waals surface area contributed by atoms with Gasteiger partial charge in [-0.25, -0.2) is 4.79 Å². The van der Waals surface area contributed by atoms with Crippen molar-refractivity contribution in [2.45, 2.75) is 76.4 Å². The summed E-state index contributed by atoms with van der Waals surface area (Å²) < 4.78 is 28.9. The number of aryl methyl sites for hydroxylation is 1. The highest BCUT2D eigenvalue weighted by molar-refractivity contribution is 6.99. The SMILES string of the molecule is Cc1cn([C@@]2(c3ccccc3)O[C@H](CO[Si](c3ccccc3)(c3ccccc3)C(C)(C)C)[C@H]3OC(C)(C)O[C@H]32)c(=O)[nH]c1=O. The molecule has 0 aliphatic carbocycles. The van der Waals surface area contributed by atoms with E-state index in [4.69, 9.17) is 18.6 Å². The van der Waals surface area contributed by atoms with E-state index in [-0.39, 0.29) is 11.6 Å². The number of H-pyrrole nitrogens is 1. The van der Waals surface area contributed by atoms with Crippen molar-refractivity contribution in [3.63, 3.8) is 0 Å². The Balaban J connectivity index is 1.50. The number of ether oxygens (including phenoxy) is 3. The quantitative estimate of drug-likeness (QED) is 0.317. The van der Waals surface area contributed by atoms with Gasteiger partial charge < -0.3 is 18.6 Å². The summed E-state index contributed by atoms with van der Waals surface area (Å²) in [5.74, 6) is -0.949. The molecule has 44 heavy (non-hydrogen) atoms. The average molecular weight is 613 g/mol. The highest BCUT2D eigenvalue weighted by atomic mass is 28.4. The minimum absolute atomic E-state index is 0.194. The monoisotopic (exact) mass is 612 g/mol. The number of hydrogen-bond acceptors (Lipinski definition) is 6. The Hall–Kier alpha value is -3.60. The largest absolute Gasteiger partial charge is 0.405 e. The first-order chi connectivity index (χ1) is 20.9. The van der Waals surface area contributed by atoms with Crippen LogP contribution in [-0.2, 0) is 24.4 Å². The van der Waals surface area contributed by atoms with Gasteiger partial charge in [-0.15, -0.1) is 0 Å². The van der Waals surface area contributed by atoms with Gasteiger partial charge in [0.25, 0.3) is 13.9 Å². The molecule has 0 amide bonds. The number of aromatic amines is 1. The second kappa shape index (κ2) is 11.1. The van der Waals surface area contributed by atoms with Crippen LogP contribution >= 0.6 is 0 Å². The van der Waals surface area contributed by atoms with E-state index in [0.717, 1.165) is 10.4 Å². The van der Waals surface area contributed by atoms with Gasteiger partial charge in [-0.1, -0.05) is 112 Å². The van der Waals surface area contributed by atoms with Gasteiger partial charge in [0, 0.05) is 17.3 Å². The van der Waals surface area contributed by atoms with Crippen LogP contribution in [0.1, 0.15) is 45.7 Å². The lowest BCUT2D eigenvalue weighted by Crippen LogP contribution is -2.67. The van der Waals surface area contributed by atoms with Gasteiger partial charge in [0.15, 0.2) is 5.79 Å². The molecular formula is C35H40N2O6Si. The maximum Gasteiger partial charge on any atom is 0.331 e. The second-order valence-corrected chi connectivity index (χ2v) is 17.5. The van der Waals surface area contributed by atoms with Crippen LogP contribution in [0.4, 0.5) is 0 Å². The summed E-state index contributed by atoms with van der Waals surface area (Å²) in [5.41, 5.74) is -1.38. The Kier molecular flexibility index (Phi) is 7.66. The first-order valence-corrected chi connectivity index (χ1v) is 17.0. The Morgan fingerprint density at radius 1 is 0.841 bits per heavy atom. The Bertz CT molecular complexity index is 1690. The summed E-state index contributed by atoms with van der Waals surface area (Å²) in [7, 11) is -2.92. The second-order valence-electron chi connectivity index (χ2n) is 13.2. The minimum atomic E-state index is -2.92. The number of aromatic nitrogens is 2. The number of hydrogen-bond donors (Lipinski definition) is 1. The van der Waals surface area contributed by atoms with Crippen LogP contribution in [0, 0.1) is 6.92 Å². The molecule has 1 aromatic heterocycles. The van der Waals surface area contributed by atoms with E-state index in [1.165, 1.54) is 4.57 Å². The fourth-order valence-corrected chi connectivity index (χ4v) is 11.5. The fourth-order valence-electron chi connectivity index (χ4n) is 6.88. The molecule has 0 bridgehead atoms. The van der Waals surface area contributed by atoms with Crippen LogP contribution < -0.4 is 21.6 Å². The lowest BCUT2D eigenvalue weighted by Gasteiger charge is -2.44. The third-order valence-electron chi connectivity index (χ3n) is 8.76. The van der Waals surface area contributed by atoms with Crippen LogP contribution in [-0.4, -0.2) is 48.6 Å². The number of nitrogens with zero attached hydrogens (tertiary/aromatic N) is 1. The highest BCUT2D eigenvalue weighted by Crippen LogP contribution is 2.50. The van der Waals surface area contributed by atoms with E-state index < -0.39 is 49.4 Å². The lowest BCUT2D eigenvalue weighted by atomic mass is 9.94. The van der Waals surface area contributed by atoms with Gasteiger partial charge >= 0.3 is 5.69 Å². The summed E-state index contributed by atoms with van der Waals surface area (Å²) in [6.07, 6.45) is -0.341. The smallest absolute Gasteiger partial charge is 0.331 e. The molecule has 2 aliphatic rings. The standard InChI is InChI=1S/C35H40N2O6Si/c1-24-22-37(32(39)36-31(24)38)35(25-16-10-7-11-17-25)30-29(42-34(5,6)43-30)28(41-35)23-40-44(33(2,3)4,26-18-12-8-13-19-26)27-20-14-9-15-21-27/h7-22,28-30H,23H2,1-6H3,(H,36,38,39)/t28-,29-,30-,35+/m1/s1. The zero-order valence-electron chi connectivity index (χ0n) is 26.1. The zero-order chi connectivity index (χ0) is 31.3. The van der Waals surface area contributed by atoms with E-state index in [1.54, 1.807) is 13.1 Å². The van der Waals surface area contributed by atoms with Gasteiger partial charge in [0.2, 0.25) is 5.72 Å². The molecule has 4 aromatic rings. The Morgan fingerprint density at radius 2 is 1.39 bits per heavy atom. The molecule has 0 saturated carbocycles. The van der Waals surface area contributed by atoms with Crippen molar-refractivity contribution in [1.29, 1.82) is 0 Å². The van der Waals surface area contributed by atoms with E-state index in [9.17, 15) is 9.59 Å². The lowest BCUT2D eigenvalue weighted by molar-refractivity contribution is -0.222. The van der Waals surface area contributed by atoms with Crippen LogP contribution in [0.2, 0.25) is 5.04 Å². The molecule has 230 valence electrons. The predicted octanol–water partition coefficient (Wildman–Crippen LogP) is 4.04. The first-order valence-electron chi connectivity index (χ1n) is 15.1. The zero-order valence-corrected chi connectivity index (χ0v) is 27.1. The van der Waals surface area contributed by atoms with Crippen molar-refractivity contribution in [1.82, 2.24) is 9.55 Å². The van der Waals surface area contributed by atoms with Crippen LogP contribution in [0.15, 0.2) is 107 Å². The van der Waals surface area contributed by atoms with Gasteiger partial charge in [0.05, 0.1) is 6.61 Å². The molecule has 3 heterocycles. The highest BCUT2D eigenvalue weighted by Gasteiger charge is 2.65. The Morgan fingerprint density at radius 3 is 1.93 bits per heavy atom. The minimum Gasteiger partial charge on any atom is -0.405 e. The summed E-state index contributed by atoms with van der Waals surface area (Å²) in [6.45, 7) is 12.3. The summed E-state index contributed by atoms with van der Waals surface area (Å²) in [5, 5.41) is 2.06. The number of nitrogens with one attached hydrogen (secondary N) is 1. The molecule has 2 aliphatic heterocycles. The molecule has 8 nitrogen and oxygen atoms in total. The number of fused-ring (bicyclic) bond motifs is 1. The van der Waals surface area contributed by atoms with Gasteiger partial charge in [-0.2, -0.15) is 0 Å². The van der Waals surface area contributed by atoms with Crippen LogP contribution in [0.3, 0.4) is 0 Å². The van der Waals surface area contributed by atoms with Crippen molar-refractivity contribution >= 4 is 18.7 Å². The Labute approximate surface area is 258 Å². The van der Waals surface area contributed by atoms with E-state index in [1.807, 2.05) is 56.3 Å². The first kappa shape index (κ1) is 30.4. The van der Waals surface area contributed by atoms with E-state index in [0.29, 0.717) is 11.1 Å². The predicted molar refractivity (Wildman–Crippen MR) is 172 cm³/mol. The molecule has 0 spiro atoms. The molecule has 0 radical (unpaired) electrons. The molecule has 4 atom stereocenters. The van der Waals surface area contributed by atoms with Crippen molar-refractivity contribution in [3.8, 4) is 0 Å². The summed E-state index contributed by atoms with van der Waals surface area (Å²) >= 11 is 0. The van der Waals surface area contributed by atoms with Gasteiger partial charge in [0.1, 0.15) is 18.3 Å². The third-order valence-corrected chi connectivity index (χ3v) is 13.8. The van der Waals surface area contributed by atoms with Crippen molar-refractivity contribution < 1.29 is 18.6 Å². The molecule has 6 rings (SSSR count). The molecule has 2 fully saturated rings. The fraction of sp³-hybridized carbons (Fsp3) is 0.371. The van der Waals surface area contributed by atoms with Crippen molar-refractivity contribution in [3.05, 3.63) is 129 Å². The molecule has 3 aromatic carbocycles. The summed E-state index contributed by atoms with van der Waals surface area (Å²) in [4.78, 5) is 28.4. The third kappa shape index (κ3) is 4.93. The molecule has 1 N–H and O–H groups in total. The van der Waals surface area contributed by atoms with E-state index in [2.05, 4.69) is 74.3 Å².